The van der Waals surface area contributed by atoms with Crippen LogP contribution in [0.2, 0.25) is 0 Å². The highest BCUT2D eigenvalue weighted by Crippen LogP contribution is 2.28. The number of benzene rings is 2. The zero-order chi connectivity index (χ0) is 22.0. The lowest BCUT2D eigenvalue weighted by molar-refractivity contribution is -0.126. The Labute approximate surface area is 173 Å². The molecule has 1 heterocycles. The first kappa shape index (κ1) is 21.7. The molecule has 2 atom stereocenters. The lowest BCUT2D eigenvalue weighted by atomic mass is 9.99. The predicted molar refractivity (Wildman–Crippen MR) is 107 cm³/mol. The minimum atomic E-state index is -0.840. The van der Waals surface area contributed by atoms with E-state index in [2.05, 4.69) is 10.6 Å². The van der Waals surface area contributed by atoms with Gasteiger partial charge in [-0.15, -0.1) is 0 Å². The zero-order valence-corrected chi connectivity index (χ0v) is 17.0. The van der Waals surface area contributed by atoms with Crippen molar-refractivity contribution in [2.24, 2.45) is 5.92 Å². The number of halogens is 3. The normalized spacial score (nSPS) is 15.4. The second-order valence-corrected chi connectivity index (χ2v) is 7.90. The van der Waals surface area contributed by atoms with Crippen LogP contribution in [0.15, 0.2) is 36.4 Å². The predicted octanol–water partition coefficient (Wildman–Crippen LogP) is 4.74. The molecule has 2 N–H and O–H groups in total. The fourth-order valence-corrected chi connectivity index (χ4v) is 3.57. The number of urea groups is 1. The topological polar surface area (TPSA) is 61.4 Å². The highest BCUT2D eigenvalue weighted by Gasteiger charge is 2.34. The molecule has 0 saturated heterocycles. The van der Waals surface area contributed by atoms with Crippen molar-refractivity contribution < 1.29 is 22.8 Å². The van der Waals surface area contributed by atoms with Gasteiger partial charge in [-0.25, -0.2) is 18.0 Å². The van der Waals surface area contributed by atoms with Crippen LogP contribution in [0.4, 0.5) is 23.7 Å². The molecule has 0 unspecified atom stereocenters. The SMILES string of the molecule is CC(C)C[C@H](C(=O)N[C@@H](C)c1ccc(F)cc1F)N1Cc2cc(F)ccc2NC1=O. The third kappa shape index (κ3) is 4.75. The molecular weight excluding hydrogens is 395 g/mol. The number of carbonyl (C=O) groups is 2. The summed E-state index contributed by atoms with van der Waals surface area (Å²) < 4.78 is 40.9. The number of anilines is 1. The van der Waals surface area contributed by atoms with E-state index in [-0.39, 0.29) is 18.0 Å². The average Bonchev–Trinajstić information content (AvgIpc) is 2.65. The number of fused-ring (bicyclic) bond motifs is 1. The van der Waals surface area contributed by atoms with Gasteiger partial charge in [0.1, 0.15) is 23.5 Å². The summed E-state index contributed by atoms with van der Waals surface area (Å²) in [7, 11) is 0. The molecule has 0 saturated carbocycles. The van der Waals surface area contributed by atoms with Gasteiger partial charge < -0.3 is 15.5 Å². The van der Waals surface area contributed by atoms with E-state index in [9.17, 15) is 22.8 Å². The molecule has 160 valence electrons. The second-order valence-electron chi connectivity index (χ2n) is 7.90. The molecule has 2 aromatic carbocycles. The number of hydrogen-bond acceptors (Lipinski definition) is 2. The molecule has 0 aliphatic carbocycles. The Hall–Kier alpha value is -3.03. The molecule has 0 bridgehead atoms. The van der Waals surface area contributed by atoms with Crippen molar-refractivity contribution in [2.45, 2.75) is 45.8 Å². The lowest BCUT2D eigenvalue weighted by Gasteiger charge is -2.36. The molecule has 8 heteroatoms. The second kappa shape index (κ2) is 8.77. The van der Waals surface area contributed by atoms with E-state index in [1.54, 1.807) is 6.92 Å². The molecule has 3 amide bonds. The van der Waals surface area contributed by atoms with Crippen LogP contribution >= 0.6 is 0 Å². The van der Waals surface area contributed by atoms with Gasteiger partial charge in [-0.3, -0.25) is 4.79 Å². The van der Waals surface area contributed by atoms with Crippen molar-refractivity contribution in [2.75, 3.05) is 5.32 Å². The molecule has 30 heavy (non-hydrogen) atoms. The van der Waals surface area contributed by atoms with Crippen LogP contribution in [0.3, 0.4) is 0 Å². The largest absolute Gasteiger partial charge is 0.348 e. The number of carbonyl (C=O) groups excluding carboxylic acids is 2. The van der Waals surface area contributed by atoms with Crippen molar-refractivity contribution in [1.29, 1.82) is 0 Å². The summed E-state index contributed by atoms with van der Waals surface area (Å²) in [6.45, 7) is 5.49. The quantitative estimate of drug-likeness (QED) is 0.710. The first-order valence-corrected chi connectivity index (χ1v) is 9.77. The van der Waals surface area contributed by atoms with E-state index in [1.807, 2.05) is 13.8 Å². The molecule has 0 spiro atoms. The molecule has 0 aromatic heterocycles. The first-order chi connectivity index (χ1) is 14.2. The molecule has 1 aliphatic rings. The third-order valence-corrected chi connectivity index (χ3v) is 5.07. The number of hydrogen-bond donors (Lipinski definition) is 2. The standard InChI is InChI=1S/C22H24F3N3O2/c1-12(2)8-20(21(29)26-13(3)17-6-4-16(24)10-18(17)25)28-11-14-9-15(23)5-7-19(14)27-22(28)30/h4-7,9-10,12-13,20H,8,11H2,1-3H3,(H,26,29)(H,27,30)/t13-,20+/m0/s1. The number of nitrogens with zero attached hydrogens (tertiary/aromatic N) is 1. The van der Waals surface area contributed by atoms with Crippen LogP contribution in [0, 0.1) is 23.4 Å². The maximum Gasteiger partial charge on any atom is 0.322 e. The van der Waals surface area contributed by atoms with Gasteiger partial charge in [0.25, 0.3) is 0 Å². The number of rotatable bonds is 6. The van der Waals surface area contributed by atoms with Gasteiger partial charge >= 0.3 is 6.03 Å². The highest BCUT2D eigenvalue weighted by atomic mass is 19.1. The smallest absolute Gasteiger partial charge is 0.322 e. The van der Waals surface area contributed by atoms with Crippen LogP contribution in [0.5, 0.6) is 0 Å². The summed E-state index contributed by atoms with van der Waals surface area (Å²) in [5, 5.41) is 5.40. The van der Waals surface area contributed by atoms with Gasteiger partial charge in [-0.1, -0.05) is 19.9 Å². The minimum absolute atomic E-state index is 0.0724. The Balaban J connectivity index is 1.83. The maximum atomic E-state index is 14.1. The Bertz CT molecular complexity index is 965. The van der Waals surface area contributed by atoms with Crippen LogP contribution in [0.25, 0.3) is 0 Å². The van der Waals surface area contributed by atoms with Crippen molar-refractivity contribution in [3.63, 3.8) is 0 Å². The molecular formula is C22H24F3N3O2. The average molecular weight is 419 g/mol. The lowest BCUT2D eigenvalue weighted by Crippen LogP contribution is -2.53. The number of nitrogens with one attached hydrogen (secondary N) is 2. The van der Waals surface area contributed by atoms with Gasteiger partial charge in [0.2, 0.25) is 5.91 Å². The van der Waals surface area contributed by atoms with Gasteiger partial charge in [-0.2, -0.15) is 0 Å². The zero-order valence-electron chi connectivity index (χ0n) is 17.0. The Morgan fingerprint density at radius 3 is 2.43 bits per heavy atom. The first-order valence-electron chi connectivity index (χ1n) is 9.77. The van der Waals surface area contributed by atoms with Crippen molar-refractivity contribution in [3.05, 3.63) is 65.0 Å². The van der Waals surface area contributed by atoms with Crippen LogP contribution in [-0.2, 0) is 11.3 Å². The highest BCUT2D eigenvalue weighted by molar-refractivity contribution is 5.96. The van der Waals surface area contributed by atoms with Gasteiger partial charge in [0, 0.05) is 17.3 Å². The molecule has 0 radical (unpaired) electrons. The Morgan fingerprint density at radius 1 is 1.10 bits per heavy atom. The van der Waals surface area contributed by atoms with Crippen LogP contribution < -0.4 is 10.6 Å². The molecule has 2 aromatic rings. The van der Waals surface area contributed by atoms with Crippen molar-refractivity contribution in [3.8, 4) is 0 Å². The fraction of sp³-hybridized carbons (Fsp3) is 0.364. The van der Waals surface area contributed by atoms with Crippen molar-refractivity contribution >= 4 is 17.6 Å². The Kier molecular flexibility index (Phi) is 6.34. The van der Waals surface area contributed by atoms with E-state index in [0.717, 1.165) is 12.1 Å². The monoisotopic (exact) mass is 419 g/mol. The third-order valence-electron chi connectivity index (χ3n) is 5.07. The summed E-state index contributed by atoms with van der Waals surface area (Å²) in [6, 6.07) is 5.18. The molecule has 3 rings (SSSR count). The maximum absolute atomic E-state index is 14.1. The summed E-state index contributed by atoms with van der Waals surface area (Å²) >= 11 is 0. The summed E-state index contributed by atoms with van der Waals surface area (Å²) in [5.41, 5.74) is 1.21. The van der Waals surface area contributed by atoms with E-state index in [1.165, 1.54) is 29.2 Å². The van der Waals surface area contributed by atoms with Crippen LogP contribution in [-0.4, -0.2) is 22.9 Å². The van der Waals surface area contributed by atoms with Gasteiger partial charge in [0.05, 0.1) is 12.6 Å². The molecule has 5 nitrogen and oxygen atoms in total. The van der Waals surface area contributed by atoms with E-state index < -0.39 is 41.5 Å². The van der Waals surface area contributed by atoms with Gasteiger partial charge in [0.15, 0.2) is 0 Å². The summed E-state index contributed by atoms with van der Waals surface area (Å²) in [6.07, 6.45) is 0.364. The molecule has 1 aliphatic heterocycles. The number of amides is 3. The van der Waals surface area contributed by atoms with E-state index in [4.69, 9.17) is 0 Å². The summed E-state index contributed by atoms with van der Waals surface area (Å²) in [4.78, 5) is 27.1. The van der Waals surface area contributed by atoms with E-state index in [0.29, 0.717) is 17.7 Å². The Morgan fingerprint density at radius 2 is 1.77 bits per heavy atom. The van der Waals surface area contributed by atoms with E-state index >= 15 is 0 Å². The van der Waals surface area contributed by atoms with Gasteiger partial charge in [-0.05, 0) is 49.1 Å². The fourth-order valence-electron chi connectivity index (χ4n) is 3.57. The minimum Gasteiger partial charge on any atom is -0.348 e. The summed E-state index contributed by atoms with van der Waals surface area (Å²) in [5.74, 6) is -2.28. The van der Waals surface area contributed by atoms with Crippen molar-refractivity contribution in [1.82, 2.24) is 10.2 Å². The van der Waals surface area contributed by atoms with Crippen LogP contribution in [0.1, 0.15) is 44.4 Å². The molecule has 0 fully saturated rings.